The quantitative estimate of drug-likeness (QED) is 0.342. The maximum atomic E-state index is 12.0. The van der Waals surface area contributed by atoms with Crippen LogP contribution in [0.25, 0.3) is 0 Å². The summed E-state index contributed by atoms with van der Waals surface area (Å²) in [7, 11) is 4.59. The third-order valence-corrected chi connectivity index (χ3v) is 2.11. The van der Waals surface area contributed by atoms with E-state index in [0.717, 1.165) is 0 Å². The number of hydrogen-bond acceptors (Lipinski definition) is 6. The van der Waals surface area contributed by atoms with Crippen molar-refractivity contribution in [1.82, 2.24) is 10.2 Å². The van der Waals surface area contributed by atoms with Gasteiger partial charge in [0.25, 0.3) is 0 Å². The van der Waals surface area contributed by atoms with Crippen LogP contribution in [-0.4, -0.2) is 56.1 Å². The molecular weight excluding hydrogens is 276 g/mol. The van der Waals surface area contributed by atoms with Gasteiger partial charge in [0.05, 0.1) is 7.11 Å². The Bertz CT molecular complexity index is 422. The standard InChI is InChI=1S/C14H24N2O5/c1-14(2,3)21-13(19)15-8-7-11(17)10(9-16(4)5)12(18)20-6/h9H,7-8H2,1-6H3,(H,15,19)/b10-9+. The van der Waals surface area contributed by atoms with Crippen LogP contribution >= 0.6 is 0 Å². The van der Waals surface area contributed by atoms with Crippen molar-refractivity contribution in [1.29, 1.82) is 0 Å². The highest BCUT2D eigenvalue weighted by atomic mass is 16.6. The fourth-order valence-electron chi connectivity index (χ4n) is 1.33. The lowest BCUT2D eigenvalue weighted by atomic mass is 10.1. The molecule has 7 heteroatoms. The monoisotopic (exact) mass is 300 g/mol. The zero-order valence-electron chi connectivity index (χ0n) is 13.5. The number of nitrogens with zero attached hydrogens (tertiary/aromatic N) is 1. The third-order valence-electron chi connectivity index (χ3n) is 2.11. The zero-order chi connectivity index (χ0) is 16.6. The van der Waals surface area contributed by atoms with Crippen molar-refractivity contribution in [3.8, 4) is 0 Å². The maximum Gasteiger partial charge on any atom is 0.407 e. The van der Waals surface area contributed by atoms with E-state index in [2.05, 4.69) is 10.1 Å². The first kappa shape index (κ1) is 18.9. The van der Waals surface area contributed by atoms with E-state index in [1.807, 2.05) is 0 Å². The van der Waals surface area contributed by atoms with Crippen LogP contribution in [0.1, 0.15) is 27.2 Å². The smallest absolute Gasteiger partial charge is 0.407 e. The maximum absolute atomic E-state index is 12.0. The van der Waals surface area contributed by atoms with Gasteiger partial charge in [0.15, 0.2) is 5.78 Å². The van der Waals surface area contributed by atoms with Crippen molar-refractivity contribution in [2.75, 3.05) is 27.7 Å². The Morgan fingerprint density at radius 1 is 1.19 bits per heavy atom. The second kappa shape index (κ2) is 8.28. The van der Waals surface area contributed by atoms with Crippen molar-refractivity contribution >= 4 is 17.8 Å². The largest absolute Gasteiger partial charge is 0.465 e. The van der Waals surface area contributed by atoms with Crippen LogP contribution in [0.15, 0.2) is 11.8 Å². The van der Waals surface area contributed by atoms with Crippen LogP contribution < -0.4 is 5.32 Å². The van der Waals surface area contributed by atoms with Crippen LogP contribution in [0.2, 0.25) is 0 Å². The van der Waals surface area contributed by atoms with Crippen LogP contribution in [0.3, 0.4) is 0 Å². The molecule has 0 aliphatic carbocycles. The fraction of sp³-hybridized carbons (Fsp3) is 0.643. The molecule has 0 spiro atoms. The van der Waals surface area contributed by atoms with E-state index in [1.54, 1.807) is 39.8 Å². The molecule has 0 fully saturated rings. The second-order valence-corrected chi connectivity index (χ2v) is 5.60. The minimum absolute atomic E-state index is 0.0198. The molecule has 0 aliphatic rings. The fourth-order valence-corrected chi connectivity index (χ4v) is 1.33. The van der Waals surface area contributed by atoms with Crippen molar-refractivity contribution in [2.45, 2.75) is 32.8 Å². The lowest BCUT2D eigenvalue weighted by Crippen LogP contribution is -2.34. The highest BCUT2D eigenvalue weighted by molar-refractivity contribution is 6.17. The van der Waals surface area contributed by atoms with Gasteiger partial charge in [0.1, 0.15) is 11.2 Å². The molecule has 1 amide bonds. The molecule has 0 unspecified atom stereocenters. The minimum Gasteiger partial charge on any atom is -0.465 e. The summed E-state index contributed by atoms with van der Waals surface area (Å²) >= 11 is 0. The lowest BCUT2D eigenvalue weighted by molar-refractivity contribution is -0.137. The minimum atomic E-state index is -0.703. The molecule has 0 aromatic heterocycles. The highest BCUT2D eigenvalue weighted by Crippen LogP contribution is 2.07. The number of nitrogens with one attached hydrogen (secondary N) is 1. The van der Waals surface area contributed by atoms with E-state index in [0.29, 0.717) is 0 Å². The van der Waals surface area contributed by atoms with Gasteiger partial charge in [-0.1, -0.05) is 0 Å². The summed E-state index contributed by atoms with van der Waals surface area (Å²) in [6.45, 7) is 5.31. The molecule has 0 radical (unpaired) electrons. The first-order chi connectivity index (χ1) is 9.56. The van der Waals surface area contributed by atoms with Gasteiger partial charge in [-0.3, -0.25) is 4.79 Å². The van der Waals surface area contributed by atoms with Crippen LogP contribution in [-0.2, 0) is 19.1 Å². The number of carbonyl (C=O) groups is 3. The first-order valence-corrected chi connectivity index (χ1v) is 6.53. The lowest BCUT2D eigenvalue weighted by Gasteiger charge is -2.19. The number of hydrogen-bond donors (Lipinski definition) is 1. The van der Waals surface area contributed by atoms with Crippen molar-refractivity contribution in [3.05, 3.63) is 11.8 Å². The van der Waals surface area contributed by atoms with Crippen LogP contribution in [0, 0.1) is 0 Å². The van der Waals surface area contributed by atoms with Crippen molar-refractivity contribution in [3.63, 3.8) is 0 Å². The van der Waals surface area contributed by atoms with E-state index >= 15 is 0 Å². The Morgan fingerprint density at radius 2 is 1.76 bits per heavy atom. The molecule has 0 aromatic rings. The van der Waals surface area contributed by atoms with E-state index in [-0.39, 0.29) is 18.5 Å². The number of ketones is 1. The first-order valence-electron chi connectivity index (χ1n) is 6.53. The molecule has 1 N–H and O–H groups in total. The SMILES string of the molecule is COC(=O)/C(=C/N(C)C)C(=O)CCNC(=O)OC(C)(C)C. The van der Waals surface area contributed by atoms with Gasteiger partial charge in [-0.05, 0) is 20.8 Å². The summed E-state index contributed by atoms with van der Waals surface area (Å²) < 4.78 is 9.60. The average molecular weight is 300 g/mol. The Hall–Kier alpha value is -2.05. The summed E-state index contributed by atoms with van der Waals surface area (Å²) in [4.78, 5) is 36.5. The predicted octanol–water partition coefficient (Wildman–Crippen LogP) is 1.09. The van der Waals surface area contributed by atoms with Gasteiger partial charge in [-0.2, -0.15) is 0 Å². The van der Waals surface area contributed by atoms with E-state index in [9.17, 15) is 14.4 Å². The number of alkyl carbamates (subject to hydrolysis) is 1. The normalized spacial score (nSPS) is 11.6. The molecule has 7 nitrogen and oxygen atoms in total. The molecule has 120 valence electrons. The summed E-state index contributed by atoms with van der Waals surface area (Å²) in [6, 6.07) is 0. The highest BCUT2D eigenvalue weighted by Gasteiger charge is 2.20. The predicted molar refractivity (Wildman–Crippen MR) is 77.6 cm³/mol. The van der Waals surface area contributed by atoms with Gasteiger partial charge >= 0.3 is 12.1 Å². The molecule has 0 atom stereocenters. The summed E-state index contributed by atoms with van der Waals surface area (Å²) in [6.07, 6.45) is 0.766. The summed E-state index contributed by atoms with van der Waals surface area (Å²) in [5.74, 6) is -1.11. The third kappa shape index (κ3) is 8.67. The molecule has 0 bridgehead atoms. The second-order valence-electron chi connectivity index (χ2n) is 5.60. The van der Waals surface area contributed by atoms with Gasteiger partial charge < -0.3 is 19.7 Å². The van der Waals surface area contributed by atoms with Crippen LogP contribution in [0.5, 0.6) is 0 Å². The van der Waals surface area contributed by atoms with Crippen LogP contribution in [0.4, 0.5) is 4.79 Å². The summed E-state index contributed by atoms with van der Waals surface area (Å²) in [5.41, 5.74) is -0.663. The van der Waals surface area contributed by atoms with E-state index in [4.69, 9.17) is 4.74 Å². The number of ether oxygens (including phenoxy) is 2. The van der Waals surface area contributed by atoms with Crippen molar-refractivity contribution < 1.29 is 23.9 Å². The zero-order valence-corrected chi connectivity index (χ0v) is 13.5. The molecule has 0 saturated heterocycles. The van der Waals surface area contributed by atoms with Gasteiger partial charge in [0, 0.05) is 33.3 Å². The number of rotatable bonds is 6. The molecule has 0 aromatic carbocycles. The van der Waals surface area contributed by atoms with E-state index in [1.165, 1.54) is 13.3 Å². The van der Waals surface area contributed by atoms with Gasteiger partial charge in [-0.25, -0.2) is 9.59 Å². The van der Waals surface area contributed by atoms with Crippen molar-refractivity contribution in [2.24, 2.45) is 0 Å². The Morgan fingerprint density at radius 3 is 2.19 bits per heavy atom. The molecule has 21 heavy (non-hydrogen) atoms. The Labute approximate surface area is 125 Å². The number of amides is 1. The van der Waals surface area contributed by atoms with E-state index < -0.39 is 23.4 Å². The van der Waals surface area contributed by atoms with Gasteiger partial charge in [-0.15, -0.1) is 0 Å². The molecule has 0 saturated carbocycles. The number of Topliss-reactive ketones (excluding diaryl/α,β-unsaturated/α-hetero) is 1. The van der Waals surface area contributed by atoms with Gasteiger partial charge in [0.2, 0.25) is 0 Å². The Kier molecular flexibility index (Phi) is 7.48. The molecule has 0 heterocycles. The summed E-state index contributed by atoms with van der Waals surface area (Å²) in [5, 5.41) is 2.46. The number of methoxy groups -OCH3 is 1. The number of esters is 1. The average Bonchev–Trinajstić information content (AvgIpc) is 2.32. The molecule has 0 aliphatic heterocycles. The number of carbonyl (C=O) groups excluding carboxylic acids is 3. The Balaban J connectivity index is 4.47. The molecular formula is C14H24N2O5. The topological polar surface area (TPSA) is 84.9 Å². The molecule has 0 rings (SSSR count).